The van der Waals surface area contributed by atoms with E-state index in [1.165, 1.54) is 0 Å². The molecule has 0 aromatic heterocycles. The molecule has 0 saturated heterocycles. The zero-order valence-electron chi connectivity index (χ0n) is 5.54. The van der Waals surface area contributed by atoms with Crippen LogP contribution < -0.4 is 0 Å². The molecule has 0 radical (unpaired) electrons. The van der Waals surface area contributed by atoms with Gasteiger partial charge in [0.05, 0.1) is 0 Å². The predicted molar refractivity (Wildman–Crippen MR) is 37.0 cm³/mol. The molecule has 0 aliphatic carbocycles. The third kappa shape index (κ3) is 103. The monoisotopic (exact) mass is 174 g/mol. The Hall–Kier alpha value is 1.48. The summed E-state index contributed by atoms with van der Waals surface area (Å²) in [6, 6.07) is 0. The fourth-order valence-corrected chi connectivity index (χ4v) is 0. The largest absolute Gasteiger partial charge is 2.00 e. The zero-order valence-corrected chi connectivity index (χ0v) is 9.01. The van der Waals surface area contributed by atoms with E-state index in [0.29, 0.717) is 0 Å². The fraction of sp³-hybridized carbons (Fsp3) is 0.667. The van der Waals surface area contributed by atoms with E-state index in [0.717, 1.165) is 12.8 Å². The van der Waals surface area contributed by atoms with Gasteiger partial charge in [-0.2, -0.15) is 12.8 Å². The van der Waals surface area contributed by atoms with Gasteiger partial charge in [-0.25, -0.2) is 0 Å². The first-order valence-electron chi connectivity index (χ1n) is 2.41. The Morgan fingerprint density at radius 1 is 1.00 bits per heavy atom. The molecule has 0 atom stereocenters. The summed E-state index contributed by atoms with van der Waals surface area (Å²) < 4.78 is 0. The first-order chi connectivity index (χ1) is 2.83. The van der Waals surface area contributed by atoms with E-state index in [4.69, 9.17) is 0 Å². The van der Waals surface area contributed by atoms with Gasteiger partial charge in [-0.05, 0) is 0 Å². The number of hydrogen-bond donors (Lipinski definition) is 0. The van der Waals surface area contributed by atoms with Gasteiger partial charge in [0.2, 0.25) is 0 Å². The summed E-state index contributed by atoms with van der Waals surface area (Å²) in [4.78, 5) is 0. The molecule has 0 fully saturated rings. The van der Waals surface area contributed by atoms with Crippen molar-refractivity contribution in [1.29, 1.82) is 0 Å². The van der Waals surface area contributed by atoms with E-state index in [1.54, 1.807) is 0 Å². The van der Waals surface area contributed by atoms with E-state index in [2.05, 4.69) is 13.8 Å². The second-order valence-electron chi connectivity index (χ2n) is 1.000. The molecule has 7 heavy (non-hydrogen) atoms. The van der Waals surface area contributed by atoms with Crippen molar-refractivity contribution in [3.05, 3.63) is 13.8 Å². The molecular weight excluding hydrogens is 160 g/mol. The van der Waals surface area contributed by atoms with Gasteiger partial charge in [-0.1, -0.05) is 13.8 Å². The molecule has 40 valence electrons. The summed E-state index contributed by atoms with van der Waals surface area (Å²) in [5.74, 6) is 0. The fourth-order valence-electron chi connectivity index (χ4n) is 0. The molecule has 0 aromatic carbocycles. The average molecular weight is 174 g/mol. The zero-order chi connectivity index (χ0) is 5.41. The summed E-state index contributed by atoms with van der Waals surface area (Å²) in [7, 11) is 0. The van der Waals surface area contributed by atoms with Crippen molar-refractivity contribution in [1.82, 2.24) is 0 Å². The Balaban J connectivity index is -0.0000000400. The van der Waals surface area contributed by atoms with Gasteiger partial charge in [-0.15, -0.1) is 0 Å². The number of rotatable bonds is 0. The first-order valence-corrected chi connectivity index (χ1v) is 2.41. The molecule has 0 bridgehead atoms. The molecule has 0 aliphatic rings. The van der Waals surface area contributed by atoms with Crippen LogP contribution in [-0.4, -0.2) is 45.5 Å². The van der Waals surface area contributed by atoms with E-state index >= 15 is 0 Å². The Labute approximate surface area is 85.0 Å². The molecule has 0 aliphatic heterocycles. The van der Waals surface area contributed by atoms with Crippen LogP contribution in [0.1, 0.15) is 26.7 Å². The number of hydrogen-bond acceptors (Lipinski definition) is 0. The van der Waals surface area contributed by atoms with Crippen LogP contribution >= 0.6 is 0 Å². The van der Waals surface area contributed by atoms with Crippen molar-refractivity contribution in [3.63, 3.8) is 0 Å². The van der Waals surface area contributed by atoms with E-state index in [-0.39, 0.29) is 45.5 Å². The third-order valence-electron chi connectivity index (χ3n) is 0. The average Bonchev–Trinajstić information content (AvgIpc) is 1.39. The van der Waals surface area contributed by atoms with Crippen LogP contribution in [0, 0.1) is 13.8 Å². The van der Waals surface area contributed by atoms with Crippen molar-refractivity contribution in [2.24, 2.45) is 0 Å². The van der Waals surface area contributed by atoms with Crippen molar-refractivity contribution in [3.8, 4) is 0 Å². The van der Waals surface area contributed by atoms with Gasteiger partial charge in [0.25, 0.3) is 0 Å². The van der Waals surface area contributed by atoms with Gasteiger partial charge in [0.1, 0.15) is 0 Å². The summed E-state index contributed by atoms with van der Waals surface area (Å²) in [5, 5.41) is 0. The first kappa shape index (κ1) is 15.8. The van der Waals surface area contributed by atoms with E-state index in [1.807, 2.05) is 13.8 Å². The third-order valence-corrected chi connectivity index (χ3v) is 0. The van der Waals surface area contributed by atoms with Crippen LogP contribution in [0.4, 0.5) is 0 Å². The molecule has 1 heteroatoms. The van der Waals surface area contributed by atoms with Crippen LogP contribution in [0.25, 0.3) is 0 Å². The Morgan fingerprint density at radius 2 is 1.00 bits per heavy atom. The maximum Gasteiger partial charge on any atom is 2.00 e. The van der Waals surface area contributed by atoms with Crippen LogP contribution in [0.3, 0.4) is 0 Å². The van der Waals surface area contributed by atoms with Crippen molar-refractivity contribution in [2.75, 3.05) is 0 Å². The minimum atomic E-state index is 0. The molecule has 0 amide bonds. The van der Waals surface area contributed by atoms with E-state index in [9.17, 15) is 0 Å². The van der Waals surface area contributed by atoms with Gasteiger partial charge < -0.3 is 13.8 Å². The van der Waals surface area contributed by atoms with Crippen molar-refractivity contribution < 1.29 is 0 Å². The molecule has 0 rings (SSSR count). The van der Waals surface area contributed by atoms with Crippen molar-refractivity contribution in [2.45, 2.75) is 26.7 Å². The van der Waals surface area contributed by atoms with Gasteiger partial charge >= 0.3 is 45.5 Å². The van der Waals surface area contributed by atoms with Crippen LogP contribution in [0.5, 0.6) is 0 Å². The smallest absolute Gasteiger partial charge is 0.344 e. The second kappa shape index (κ2) is 25.9. The molecule has 0 heterocycles. The van der Waals surface area contributed by atoms with Crippen LogP contribution in [0.2, 0.25) is 0 Å². The predicted octanol–water partition coefficient (Wildman–Crippen LogP) is 2.08. The molecule has 0 saturated carbocycles. The molecule has 0 N–H and O–H groups in total. The Morgan fingerprint density at radius 3 is 1.00 bits per heavy atom. The minimum absolute atomic E-state index is 0. The Bertz CT molecular complexity index is 6.14. The summed E-state index contributed by atoms with van der Waals surface area (Å²) in [5.41, 5.74) is 0. The SMILES string of the molecule is [CH2-]CC.[CH2-]CC.[Sr+2]. The second-order valence-corrected chi connectivity index (χ2v) is 1.000. The summed E-state index contributed by atoms with van der Waals surface area (Å²) in [6.07, 6.45) is 2.00. The standard InChI is InChI=1S/2C3H7.Sr/c2*1-3-2;/h2*1,3H2,2H3;/q2*-1;+2. The topological polar surface area (TPSA) is 0 Å². The van der Waals surface area contributed by atoms with Gasteiger partial charge in [0, 0.05) is 0 Å². The molecule has 0 aromatic rings. The maximum absolute atomic E-state index is 3.49. The minimum Gasteiger partial charge on any atom is -0.344 e. The van der Waals surface area contributed by atoms with E-state index < -0.39 is 0 Å². The van der Waals surface area contributed by atoms with Crippen LogP contribution in [0.15, 0.2) is 0 Å². The van der Waals surface area contributed by atoms with Gasteiger partial charge in [0.15, 0.2) is 0 Å². The molecule has 0 unspecified atom stereocenters. The maximum atomic E-state index is 3.49. The molecular formula is C6H14Sr. The molecule has 0 spiro atoms. The molecule has 0 nitrogen and oxygen atoms in total. The van der Waals surface area contributed by atoms with Gasteiger partial charge in [-0.3, -0.25) is 0 Å². The quantitative estimate of drug-likeness (QED) is 0.389. The van der Waals surface area contributed by atoms with Crippen molar-refractivity contribution >= 4 is 45.5 Å². The summed E-state index contributed by atoms with van der Waals surface area (Å²) in [6.45, 7) is 11.0. The normalized spacial score (nSPS) is 5.14. The van der Waals surface area contributed by atoms with Crippen LogP contribution in [-0.2, 0) is 0 Å². The Kier molecular flexibility index (Phi) is 58.5. The summed E-state index contributed by atoms with van der Waals surface area (Å²) >= 11 is 0.